The van der Waals surface area contributed by atoms with E-state index in [0.717, 1.165) is 33.4 Å². The lowest BCUT2D eigenvalue weighted by molar-refractivity contribution is -0.152. The van der Waals surface area contributed by atoms with Crippen molar-refractivity contribution in [3.05, 3.63) is 63.4 Å². The lowest BCUT2D eigenvalue weighted by Gasteiger charge is -2.23. The predicted octanol–water partition coefficient (Wildman–Crippen LogP) is 3.71. The molecule has 3 heterocycles. The van der Waals surface area contributed by atoms with Crippen LogP contribution in [-0.4, -0.2) is 21.6 Å². The summed E-state index contributed by atoms with van der Waals surface area (Å²) in [7, 11) is 0. The average molecular weight is 405 g/mol. The second kappa shape index (κ2) is 7.69. The first-order valence-electron chi connectivity index (χ1n) is 10.4. The smallest absolute Gasteiger partial charge is 0.323 e. The van der Waals surface area contributed by atoms with Gasteiger partial charge < -0.3 is 15.0 Å². The zero-order chi connectivity index (χ0) is 21.6. The lowest BCUT2D eigenvalue weighted by Crippen LogP contribution is -2.38. The van der Waals surface area contributed by atoms with Gasteiger partial charge in [0.25, 0.3) is 5.56 Å². The molecule has 6 heteroatoms. The van der Waals surface area contributed by atoms with Crippen LogP contribution in [0.4, 0.5) is 0 Å². The van der Waals surface area contributed by atoms with Crippen molar-refractivity contribution in [3.63, 3.8) is 0 Å². The fraction of sp³-hybridized carbons (Fsp3) is 0.375. The van der Waals surface area contributed by atoms with Crippen LogP contribution >= 0.6 is 0 Å². The minimum atomic E-state index is -0.691. The molecule has 2 aromatic heterocycles. The number of benzene rings is 1. The Labute approximate surface area is 175 Å². The van der Waals surface area contributed by atoms with Crippen molar-refractivity contribution >= 4 is 16.9 Å². The van der Waals surface area contributed by atoms with Crippen LogP contribution in [0.25, 0.3) is 22.3 Å². The zero-order valence-corrected chi connectivity index (χ0v) is 17.8. The summed E-state index contributed by atoms with van der Waals surface area (Å²) in [4.78, 5) is 30.4. The topological polar surface area (TPSA) is 87.2 Å². The Morgan fingerprint density at radius 2 is 2.00 bits per heavy atom. The van der Waals surface area contributed by atoms with Crippen molar-refractivity contribution in [3.8, 4) is 11.4 Å². The highest BCUT2D eigenvalue weighted by atomic mass is 16.5. The number of ether oxygens (including phenoxy) is 1. The highest BCUT2D eigenvalue weighted by molar-refractivity contribution is 5.84. The van der Waals surface area contributed by atoms with E-state index in [9.17, 15) is 9.59 Å². The first-order valence-corrected chi connectivity index (χ1v) is 10.4. The maximum atomic E-state index is 13.2. The molecule has 30 heavy (non-hydrogen) atoms. The summed E-state index contributed by atoms with van der Waals surface area (Å²) in [6, 6.07) is 11.3. The number of carbonyl (C=O) groups excluding carboxylic acids is 1. The quantitative estimate of drug-likeness (QED) is 0.512. The molecule has 2 atom stereocenters. The van der Waals surface area contributed by atoms with E-state index in [1.807, 2.05) is 51.1 Å². The summed E-state index contributed by atoms with van der Waals surface area (Å²) in [6.45, 7) is 7.98. The van der Waals surface area contributed by atoms with E-state index >= 15 is 0 Å². The Bertz CT molecular complexity index is 1200. The molecule has 1 aliphatic rings. The summed E-state index contributed by atoms with van der Waals surface area (Å²) in [5, 5.41) is 1.05. The van der Waals surface area contributed by atoms with Crippen LogP contribution in [0, 0.1) is 12.8 Å². The number of aromatic nitrogens is 2. The van der Waals surface area contributed by atoms with E-state index in [0.29, 0.717) is 18.5 Å². The van der Waals surface area contributed by atoms with Crippen LogP contribution in [0.1, 0.15) is 50.0 Å². The van der Waals surface area contributed by atoms with E-state index in [-0.39, 0.29) is 11.5 Å². The third-order valence-corrected chi connectivity index (χ3v) is 5.92. The number of rotatable bonds is 5. The molecule has 2 N–H and O–H groups in total. The molecule has 0 saturated heterocycles. The fourth-order valence-electron chi connectivity index (χ4n) is 3.99. The van der Waals surface area contributed by atoms with Crippen LogP contribution in [-0.2, 0) is 16.1 Å². The van der Waals surface area contributed by atoms with Crippen molar-refractivity contribution in [1.82, 2.24) is 9.55 Å². The van der Waals surface area contributed by atoms with Gasteiger partial charge in [-0.15, -0.1) is 0 Å². The van der Waals surface area contributed by atoms with Gasteiger partial charge in [-0.2, -0.15) is 0 Å². The first-order chi connectivity index (χ1) is 14.3. The van der Waals surface area contributed by atoms with Crippen molar-refractivity contribution in [2.24, 2.45) is 11.7 Å². The summed E-state index contributed by atoms with van der Waals surface area (Å²) in [5.41, 5.74) is 10.7. The molecule has 0 bridgehead atoms. The highest BCUT2D eigenvalue weighted by Crippen LogP contribution is 2.34. The minimum absolute atomic E-state index is 0.0221. The van der Waals surface area contributed by atoms with Crippen LogP contribution < -0.4 is 11.3 Å². The molecule has 0 fully saturated rings. The minimum Gasteiger partial charge on any atom is -0.456 e. The van der Waals surface area contributed by atoms with Crippen LogP contribution in [0.15, 0.2) is 41.2 Å². The molecular formula is C24H27N3O3. The number of esters is 1. The monoisotopic (exact) mass is 405 g/mol. The van der Waals surface area contributed by atoms with E-state index < -0.39 is 18.1 Å². The molecule has 0 spiro atoms. The fourth-order valence-corrected chi connectivity index (χ4v) is 3.99. The number of nitrogens with two attached hydrogens (primary N) is 1. The van der Waals surface area contributed by atoms with E-state index in [1.165, 1.54) is 0 Å². The first kappa shape index (κ1) is 20.3. The normalized spacial score (nSPS) is 14.5. The molecular weight excluding hydrogens is 378 g/mol. The van der Waals surface area contributed by atoms with Gasteiger partial charge in [0.2, 0.25) is 0 Å². The zero-order valence-electron chi connectivity index (χ0n) is 17.8. The summed E-state index contributed by atoms with van der Waals surface area (Å²) in [6.07, 6.45) is 0.0311. The maximum absolute atomic E-state index is 13.2. The van der Waals surface area contributed by atoms with Gasteiger partial charge in [-0.1, -0.05) is 39.0 Å². The molecule has 0 radical (unpaired) electrons. The Hall–Kier alpha value is -2.99. The van der Waals surface area contributed by atoms with Gasteiger partial charge in [-0.3, -0.25) is 9.59 Å². The van der Waals surface area contributed by atoms with Gasteiger partial charge in [-0.25, -0.2) is 4.98 Å². The Kier molecular flexibility index (Phi) is 5.20. The maximum Gasteiger partial charge on any atom is 0.323 e. The molecule has 2 unspecified atom stereocenters. The van der Waals surface area contributed by atoms with Crippen molar-refractivity contribution in [2.75, 3.05) is 0 Å². The highest BCUT2D eigenvalue weighted by Gasteiger charge is 2.29. The number of hydrogen-bond acceptors (Lipinski definition) is 5. The van der Waals surface area contributed by atoms with E-state index in [2.05, 4.69) is 6.07 Å². The average Bonchev–Trinajstić information content (AvgIpc) is 3.09. The molecule has 1 aliphatic heterocycles. The van der Waals surface area contributed by atoms with Gasteiger partial charge >= 0.3 is 5.97 Å². The van der Waals surface area contributed by atoms with Crippen LogP contribution in [0.5, 0.6) is 0 Å². The summed E-state index contributed by atoms with van der Waals surface area (Å²) in [5.74, 6) is -0.465. The molecule has 6 nitrogen and oxygen atoms in total. The number of pyridine rings is 2. The standard InChI is InChI=1S/C24H27N3O3/c1-5-20(30-24(29)21(25)13(2)3)17-11-19-22-16(12-27(19)23(28)14(17)4)10-15-8-6-7-9-18(15)26-22/h6-11,13,20-21H,5,12,25H2,1-4H3. The molecule has 4 rings (SSSR count). The molecule has 0 saturated carbocycles. The van der Waals surface area contributed by atoms with Crippen LogP contribution in [0.3, 0.4) is 0 Å². The number of para-hydroxylation sites is 1. The van der Waals surface area contributed by atoms with Gasteiger partial charge in [-0.05, 0) is 37.5 Å². The van der Waals surface area contributed by atoms with Gasteiger partial charge in [0, 0.05) is 22.1 Å². The van der Waals surface area contributed by atoms with Crippen molar-refractivity contribution in [2.45, 2.75) is 52.8 Å². The number of nitrogens with zero attached hydrogens (tertiary/aromatic N) is 2. The van der Waals surface area contributed by atoms with Gasteiger partial charge in [0.05, 0.1) is 23.4 Å². The number of carbonyl (C=O) groups is 1. The SMILES string of the molecule is CCC(OC(=O)C(N)C(C)C)c1cc2n(c(=O)c1C)Cc1cc3ccccc3nc1-2. The van der Waals surface area contributed by atoms with Gasteiger partial charge in [0.1, 0.15) is 12.1 Å². The summed E-state index contributed by atoms with van der Waals surface area (Å²) >= 11 is 0. The predicted molar refractivity (Wildman–Crippen MR) is 117 cm³/mol. The second-order valence-electron chi connectivity index (χ2n) is 8.29. The Morgan fingerprint density at radius 1 is 1.27 bits per heavy atom. The lowest BCUT2D eigenvalue weighted by atomic mass is 10.0. The molecule has 0 amide bonds. The molecule has 1 aromatic carbocycles. The van der Waals surface area contributed by atoms with Crippen molar-refractivity contribution in [1.29, 1.82) is 0 Å². The number of hydrogen-bond donors (Lipinski definition) is 1. The molecule has 3 aromatic rings. The second-order valence-corrected chi connectivity index (χ2v) is 8.29. The molecule has 156 valence electrons. The van der Waals surface area contributed by atoms with Crippen molar-refractivity contribution < 1.29 is 9.53 Å². The van der Waals surface area contributed by atoms with E-state index in [4.69, 9.17) is 15.5 Å². The Balaban J connectivity index is 1.79. The van der Waals surface area contributed by atoms with E-state index in [1.54, 1.807) is 11.5 Å². The van der Waals surface area contributed by atoms with Crippen LogP contribution in [0.2, 0.25) is 0 Å². The third kappa shape index (κ3) is 3.31. The molecule has 0 aliphatic carbocycles. The van der Waals surface area contributed by atoms with Gasteiger partial charge in [0.15, 0.2) is 0 Å². The summed E-state index contributed by atoms with van der Waals surface area (Å²) < 4.78 is 7.48. The largest absolute Gasteiger partial charge is 0.456 e. The Morgan fingerprint density at radius 3 is 2.70 bits per heavy atom. The third-order valence-electron chi connectivity index (χ3n) is 5.92. The number of fused-ring (bicyclic) bond motifs is 4.